The molecule has 3 aromatic rings. The van der Waals surface area contributed by atoms with Gasteiger partial charge < -0.3 is 19.7 Å². The second-order valence-corrected chi connectivity index (χ2v) is 10.9. The van der Waals surface area contributed by atoms with Crippen LogP contribution < -0.4 is 15.5 Å². The third kappa shape index (κ3) is 8.21. The molecular formula is C27H33N5O3S2. The molecule has 0 unspecified atom stereocenters. The predicted molar refractivity (Wildman–Crippen MR) is 152 cm³/mol. The summed E-state index contributed by atoms with van der Waals surface area (Å²) in [6.07, 6.45) is 4.00. The molecule has 2 aromatic heterocycles. The number of hydrogen-bond donors (Lipinski definition) is 2. The van der Waals surface area contributed by atoms with Crippen LogP contribution in [0.25, 0.3) is 0 Å². The zero-order valence-electron chi connectivity index (χ0n) is 21.3. The smallest absolute Gasteiger partial charge is 0.411 e. The number of benzene rings is 1. The van der Waals surface area contributed by atoms with Gasteiger partial charge in [-0.1, -0.05) is 37.4 Å². The molecule has 1 aliphatic heterocycles. The van der Waals surface area contributed by atoms with Crippen LogP contribution in [0.15, 0.2) is 53.5 Å². The number of ether oxygens (including phenoxy) is 2. The minimum Gasteiger partial charge on any atom is -0.445 e. The summed E-state index contributed by atoms with van der Waals surface area (Å²) in [7, 11) is 0. The van der Waals surface area contributed by atoms with Gasteiger partial charge in [-0.2, -0.15) is 0 Å². The quantitative estimate of drug-likeness (QED) is 0.231. The minimum absolute atomic E-state index is 0.167. The molecule has 2 N–H and O–H groups in total. The van der Waals surface area contributed by atoms with Crippen LogP contribution in [0, 0.1) is 6.92 Å². The van der Waals surface area contributed by atoms with E-state index < -0.39 is 6.09 Å². The van der Waals surface area contributed by atoms with E-state index in [0.717, 1.165) is 71.1 Å². The van der Waals surface area contributed by atoms with Gasteiger partial charge in [0.05, 0.1) is 18.9 Å². The third-order valence-corrected chi connectivity index (χ3v) is 7.99. The first kappa shape index (κ1) is 27.0. The van der Waals surface area contributed by atoms with Crippen molar-refractivity contribution in [1.82, 2.24) is 9.97 Å². The van der Waals surface area contributed by atoms with Crippen LogP contribution in [-0.4, -0.2) is 49.0 Å². The molecule has 0 atom stereocenters. The molecule has 37 heavy (non-hydrogen) atoms. The fourth-order valence-corrected chi connectivity index (χ4v) is 5.77. The Bertz CT molecular complexity index is 1210. The van der Waals surface area contributed by atoms with Gasteiger partial charge in [-0.25, -0.2) is 14.8 Å². The van der Waals surface area contributed by atoms with Gasteiger partial charge in [-0.05, 0) is 42.7 Å². The standard InChI is InChI=1S/C27H33N5O3S2/c1-4-8-35-26(33)31-21-12-19(3)11-20(13-21)16-28-25-15-23(32-6-9-34-10-7-32)14-22(30-25)18-36-27-29-17-24(5-2)37-27/h4,11-15,17H,1,5-10,16,18H2,2-3H3,(H,28,30)(H,31,33). The number of hydrogen-bond acceptors (Lipinski definition) is 9. The molecule has 0 aliphatic carbocycles. The number of nitrogens with zero attached hydrogens (tertiary/aromatic N) is 3. The number of carbonyl (C=O) groups excluding carboxylic acids is 1. The molecule has 0 saturated carbocycles. The number of anilines is 3. The van der Waals surface area contributed by atoms with Crippen LogP contribution in [0.3, 0.4) is 0 Å². The van der Waals surface area contributed by atoms with Gasteiger partial charge in [-0.15, -0.1) is 11.3 Å². The zero-order valence-corrected chi connectivity index (χ0v) is 22.9. The average Bonchev–Trinajstić information content (AvgIpc) is 3.38. The van der Waals surface area contributed by atoms with Gasteiger partial charge in [-0.3, -0.25) is 5.32 Å². The molecule has 1 aromatic carbocycles. The molecule has 1 saturated heterocycles. The van der Waals surface area contributed by atoms with E-state index in [1.54, 1.807) is 23.1 Å². The first-order valence-electron chi connectivity index (χ1n) is 12.3. The molecule has 196 valence electrons. The number of morpholine rings is 1. The number of aromatic nitrogens is 2. The fourth-order valence-electron chi connectivity index (χ4n) is 3.91. The van der Waals surface area contributed by atoms with Gasteiger partial charge >= 0.3 is 6.09 Å². The van der Waals surface area contributed by atoms with Crippen LogP contribution >= 0.6 is 23.1 Å². The highest BCUT2D eigenvalue weighted by Gasteiger charge is 2.15. The van der Waals surface area contributed by atoms with Gasteiger partial charge in [0, 0.05) is 53.9 Å². The van der Waals surface area contributed by atoms with Gasteiger partial charge in [0.2, 0.25) is 0 Å². The lowest BCUT2D eigenvalue weighted by Crippen LogP contribution is -2.36. The third-order valence-electron chi connectivity index (χ3n) is 5.65. The maximum absolute atomic E-state index is 12.0. The summed E-state index contributed by atoms with van der Waals surface area (Å²) in [5.41, 5.74) is 4.90. The van der Waals surface area contributed by atoms with Crippen molar-refractivity contribution in [2.75, 3.05) is 48.4 Å². The SMILES string of the molecule is C=CCOC(=O)Nc1cc(C)cc(CNc2cc(N3CCOCC3)cc(CSc3ncc(CC)s3)n2)c1. The van der Waals surface area contributed by atoms with Gasteiger partial charge in [0.25, 0.3) is 0 Å². The predicted octanol–water partition coefficient (Wildman–Crippen LogP) is 5.88. The van der Waals surface area contributed by atoms with Crippen LogP contribution in [0.5, 0.6) is 0 Å². The van der Waals surface area contributed by atoms with Crippen LogP contribution in [0.2, 0.25) is 0 Å². The summed E-state index contributed by atoms with van der Waals surface area (Å²) >= 11 is 3.46. The number of aryl methyl sites for hydroxylation is 2. The number of thioether (sulfide) groups is 1. The maximum Gasteiger partial charge on any atom is 0.411 e. The largest absolute Gasteiger partial charge is 0.445 e. The van der Waals surface area contributed by atoms with Crippen LogP contribution in [-0.2, 0) is 28.2 Å². The van der Waals surface area contributed by atoms with E-state index in [4.69, 9.17) is 14.5 Å². The fraction of sp³-hybridized carbons (Fsp3) is 0.370. The Morgan fingerprint density at radius 1 is 1.27 bits per heavy atom. The van der Waals surface area contributed by atoms with E-state index in [9.17, 15) is 4.79 Å². The number of pyridine rings is 1. The van der Waals surface area contributed by atoms with Crippen molar-refractivity contribution in [3.8, 4) is 0 Å². The zero-order chi connectivity index (χ0) is 26.0. The Kier molecular flexibility index (Phi) is 9.81. The summed E-state index contributed by atoms with van der Waals surface area (Å²) in [5, 5.41) is 6.26. The number of rotatable bonds is 11. The highest BCUT2D eigenvalue weighted by molar-refractivity contribution is 8.00. The Morgan fingerprint density at radius 2 is 2.11 bits per heavy atom. The highest BCUT2D eigenvalue weighted by atomic mass is 32.2. The molecule has 0 radical (unpaired) electrons. The Hall–Kier alpha value is -3.08. The first-order valence-corrected chi connectivity index (χ1v) is 14.1. The lowest BCUT2D eigenvalue weighted by Gasteiger charge is -2.29. The summed E-state index contributed by atoms with van der Waals surface area (Å²) < 4.78 is 11.7. The van der Waals surface area contributed by atoms with Crippen LogP contribution in [0.1, 0.15) is 28.6 Å². The molecule has 1 aliphatic rings. The topological polar surface area (TPSA) is 88.6 Å². The molecule has 3 heterocycles. The molecular weight excluding hydrogens is 506 g/mol. The molecule has 8 nitrogen and oxygen atoms in total. The van der Waals surface area contributed by atoms with Crippen molar-refractivity contribution >= 4 is 46.4 Å². The van der Waals surface area contributed by atoms with Crippen molar-refractivity contribution in [2.45, 2.75) is 36.9 Å². The molecule has 1 amide bonds. The summed E-state index contributed by atoms with van der Waals surface area (Å²) in [6.45, 7) is 11.6. The lowest BCUT2D eigenvalue weighted by atomic mass is 10.1. The summed E-state index contributed by atoms with van der Waals surface area (Å²) in [6, 6.07) is 10.2. The molecule has 10 heteroatoms. The maximum atomic E-state index is 12.0. The molecule has 0 spiro atoms. The van der Waals surface area contributed by atoms with Gasteiger partial charge in [0.15, 0.2) is 0 Å². The Balaban J connectivity index is 1.48. The second kappa shape index (κ2) is 13.5. The number of amides is 1. The van der Waals surface area contributed by atoms with Gasteiger partial charge in [0.1, 0.15) is 16.8 Å². The molecule has 0 bridgehead atoms. The highest BCUT2D eigenvalue weighted by Crippen LogP contribution is 2.30. The van der Waals surface area contributed by atoms with E-state index in [2.05, 4.69) is 52.2 Å². The van der Waals surface area contributed by atoms with Crippen LogP contribution in [0.4, 0.5) is 22.0 Å². The van der Waals surface area contributed by atoms with Crippen molar-refractivity contribution in [2.24, 2.45) is 0 Å². The minimum atomic E-state index is -0.502. The van der Waals surface area contributed by atoms with Crippen molar-refractivity contribution < 1.29 is 14.3 Å². The summed E-state index contributed by atoms with van der Waals surface area (Å²) in [4.78, 5) is 25.0. The molecule has 1 fully saturated rings. The number of thiazole rings is 1. The monoisotopic (exact) mass is 539 g/mol. The second-order valence-electron chi connectivity index (χ2n) is 8.61. The normalized spacial score (nSPS) is 13.3. The number of carbonyl (C=O) groups is 1. The summed E-state index contributed by atoms with van der Waals surface area (Å²) in [5.74, 6) is 1.56. The van der Waals surface area contributed by atoms with E-state index >= 15 is 0 Å². The van der Waals surface area contributed by atoms with E-state index in [0.29, 0.717) is 12.2 Å². The average molecular weight is 540 g/mol. The molecule has 4 rings (SSSR count). The lowest BCUT2D eigenvalue weighted by molar-refractivity contribution is 0.122. The van der Waals surface area contributed by atoms with E-state index in [1.165, 1.54) is 11.0 Å². The van der Waals surface area contributed by atoms with Crippen molar-refractivity contribution in [3.63, 3.8) is 0 Å². The Morgan fingerprint density at radius 3 is 2.86 bits per heavy atom. The van der Waals surface area contributed by atoms with Crippen molar-refractivity contribution in [3.05, 3.63) is 70.9 Å². The first-order chi connectivity index (χ1) is 18.0. The van der Waals surface area contributed by atoms with Crippen molar-refractivity contribution in [1.29, 1.82) is 0 Å². The van der Waals surface area contributed by atoms with E-state index in [-0.39, 0.29) is 6.61 Å². The Labute approximate surface area is 226 Å². The van der Waals surface area contributed by atoms with E-state index in [1.807, 2.05) is 25.3 Å². The number of nitrogens with one attached hydrogen (secondary N) is 2.